The average Bonchev–Trinajstić information content (AvgIpc) is 2.88. The molecule has 0 fully saturated rings. The summed E-state index contributed by atoms with van der Waals surface area (Å²) in [6, 6.07) is 17.7. The summed E-state index contributed by atoms with van der Waals surface area (Å²) in [5.74, 6) is -2.16. The van der Waals surface area contributed by atoms with E-state index in [0.29, 0.717) is 0 Å². The zero-order valence-corrected chi connectivity index (χ0v) is 23.3. The summed E-state index contributed by atoms with van der Waals surface area (Å²) in [4.78, 5) is 42.9. The molecule has 1 heterocycles. The number of benzene rings is 2. The number of hydrogen-bond donors (Lipinski definition) is 0. The smallest absolute Gasteiger partial charge is 0.309 e. The maximum Gasteiger partial charge on any atom is 0.309 e. The van der Waals surface area contributed by atoms with Crippen LogP contribution in [-0.2, 0) is 14.3 Å². The minimum Gasteiger partial charge on any atom is -0.493 e. The molecule has 0 amide bonds. The molecule has 8 heteroatoms. The third-order valence-corrected chi connectivity index (χ3v) is 7.55. The van der Waals surface area contributed by atoms with Gasteiger partial charge < -0.3 is 14.2 Å². The lowest BCUT2D eigenvalue weighted by Crippen LogP contribution is -2.26. The summed E-state index contributed by atoms with van der Waals surface area (Å²) in [6.07, 6.45) is 0.749. The fourth-order valence-corrected chi connectivity index (χ4v) is 5.20. The lowest BCUT2D eigenvalue weighted by Gasteiger charge is -2.26. The van der Waals surface area contributed by atoms with Crippen molar-refractivity contribution >= 4 is 29.5 Å². The van der Waals surface area contributed by atoms with E-state index in [1.54, 1.807) is 18.7 Å². The fraction of sp³-hybridized carbons (Fsp3) is 0.333. The van der Waals surface area contributed by atoms with Crippen molar-refractivity contribution in [3.8, 4) is 11.5 Å². The summed E-state index contributed by atoms with van der Waals surface area (Å²) >= 11 is 1.64. The summed E-state index contributed by atoms with van der Waals surface area (Å²) in [7, 11) is 1.40. The largest absolute Gasteiger partial charge is 0.493 e. The van der Waals surface area contributed by atoms with Gasteiger partial charge in [-0.15, -0.1) is 11.8 Å². The molecule has 1 aromatic heterocycles. The van der Waals surface area contributed by atoms with Gasteiger partial charge in [0.1, 0.15) is 6.10 Å². The number of carbonyl (C=O) groups is 3. The van der Waals surface area contributed by atoms with Crippen LogP contribution in [0.2, 0.25) is 0 Å². The second-order valence-electron chi connectivity index (χ2n) is 9.17. The molecule has 0 N–H and O–H groups in total. The van der Waals surface area contributed by atoms with Gasteiger partial charge in [-0.2, -0.15) is 0 Å². The minimum atomic E-state index is -0.745. The van der Waals surface area contributed by atoms with E-state index in [1.807, 2.05) is 37.3 Å². The van der Waals surface area contributed by atoms with Crippen LogP contribution in [0, 0.1) is 19.8 Å². The average molecular weight is 536 g/mol. The Morgan fingerprint density at radius 2 is 1.71 bits per heavy atom. The summed E-state index contributed by atoms with van der Waals surface area (Å²) in [5.41, 5.74) is 3.30. The molecule has 0 spiro atoms. The van der Waals surface area contributed by atoms with Gasteiger partial charge in [-0.25, -0.2) is 4.98 Å². The zero-order chi connectivity index (χ0) is 27.8. The maximum absolute atomic E-state index is 13.1. The molecule has 0 radical (unpaired) electrons. The Hall–Kier alpha value is -3.65. The van der Waals surface area contributed by atoms with Crippen molar-refractivity contribution < 1.29 is 28.6 Å². The number of carbonyl (C=O) groups excluding carboxylic acids is 3. The third-order valence-electron chi connectivity index (χ3n) is 5.93. The van der Waals surface area contributed by atoms with Gasteiger partial charge in [0.2, 0.25) is 5.75 Å². The summed E-state index contributed by atoms with van der Waals surface area (Å²) in [5, 5.41) is -0.153. The molecule has 0 unspecified atom stereocenters. The normalized spacial score (nSPS) is 13.2. The van der Waals surface area contributed by atoms with Crippen LogP contribution in [0.15, 0.2) is 65.7 Å². The van der Waals surface area contributed by atoms with Crippen molar-refractivity contribution in [1.82, 2.24) is 4.98 Å². The lowest BCUT2D eigenvalue weighted by molar-refractivity contribution is -0.152. The SMILES string of the molecule is COc1ccnc(C(=O)C[C@@H](C)C(=O)O[C@@H](C)[C@H](Sc2ccc(C)cc2C)c2ccccc2)c1OC(C)=O. The number of rotatable bonds is 11. The van der Waals surface area contributed by atoms with Gasteiger partial charge in [0.15, 0.2) is 17.2 Å². The van der Waals surface area contributed by atoms with Crippen LogP contribution in [0.4, 0.5) is 0 Å². The van der Waals surface area contributed by atoms with Crippen LogP contribution in [0.3, 0.4) is 0 Å². The molecule has 38 heavy (non-hydrogen) atoms. The monoisotopic (exact) mass is 535 g/mol. The Kier molecular flexibility index (Phi) is 10.1. The molecule has 2 aromatic carbocycles. The standard InChI is InChI=1S/C30H33NO6S/c1-18-12-13-26(19(2)16-18)38-29(23-10-8-7-9-11-23)21(4)36-30(34)20(3)17-24(33)27-28(37-22(5)32)25(35-6)14-15-31-27/h7-16,20-21,29H,17H2,1-6H3/t20-,21+,29+/m1/s1. The molecular formula is C30H33NO6S. The third kappa shape index (κ3) is 7.44. The number of ketones is 1. The molecule has 0 aliphatic heterocycles. The van der Waals surface area contributed by atoms with Crippen molar-refractivity contribution in [3.05, 3.63) is 83.2 Å². The van der Waals surface area contributed by atoms with E-state index >= 15 is 0 Å². The van der Waals surface area contributed by atoms with Gasteiger partial charge in [-0.1, -0.05) is 55.0 Å². The first-order valence-electron chi connectivity index (χ1n) is 12.3. The number of esters is 2. The number of pyridine rings is 1. The zero-order valence-electron chi connectivity index (χ0n) is 22.5. The first-order chi connectivity index (χ1) is 18.1. The maximum atomic E-state index is 13.1. The molecular weight excluding hydrogens is 502 g/mol. The summed E-state index contributed by atoms with van der Waals surface area (Å²) in [6.45, 7) is 8.84. The summed E-state index contributed by atoms with van der Waals surface area (Å²) < 4.78 is 16.3. The fourth-order valence-electron chi connectivity index (χ4n) is 4.00. The van der Waals surface area contributed by atoms with Crippen LogP contribution in [-0.4, -0.2) is 35.9 Å². The van der Waals surface area contributed by atoms with Crippen LogP contribution >= 0.6 is 11.8 Å². The lowest BCUT2D eigenvalue weighted by atomic mass is 10.0. The second kappa shape index (κ2) is 13.2. The Morgan fingerprint density at radius 1 is 1.00 bits per heavy atom. The first kappa shape index (κ1) is 28.9. The van der Waals surface area contributed by atoms with Gasteiger partial charge in [0.05, 0.1) is 18.3 Å². The van der Waals surface area contributed by atoms with Gasteiger partial charge in [0.25, 0.3) is 0 Å². The van der Waals surface area contributed by atoms with Crippen molar-refractivity contribution in [2.75, 3.05) is 7.11 Å². The molecule has 7 nitrogen and oxygen atoms in total. The number of Topliss-reactive ketones (excluding diaryl/α,β-unsaturated/α-hetero) is 1. The van der Waals surface area contributed by atoms with Gasteiger partial charge in [-0.05, 0) is 38.0 Å². The van der Waals surface area contributed by atoms with E-state index in [1.165, 1.54) is 31.9 Å². The second-order valence-corrected chi connectivity index (χ2v) is 10.4. The highest BCUT2D eigenvalue weighted by Crippen LogP contribution is 2.41. The molecule has 3 rings (SSSR count). The van der Waals surface area contributed by atoms with Crippen LogP contribution in [0.1, 0.15) is 59.6 Å². The Morgan fingerprint density at radius 3 is 2.34 bits per heavy atom. The highest BCUT2D eigenvalue weighted by molar-refractivity contribution is 7.99. The minimum absolute atomic E-state index is 0.0598. The van der Waals surface area contributed by atoms with Gasteiger partial charge >= 0.3 is 11.9 Å². The van der Waals surface area contributed by atoms with Crippen molar-refractivity contribution in [1.29, 1.82) is 0 Å². The predicted octanol–water partition coefficient (Wildman–Crippen LogP) is 6.31. The van der Waals surface area contributed by atoms with Crippen LogP contribution in [0.25, 0.3) is 0 Å². The van der Waals surface area contributed by atoms with E-state index in [2.05, 4.69) is 37.0 Å². The Bertz CT molecular complexity index is 1290. The van der Waals surface area contributed by atoms with Gasteiger partial charge in [-0.3, -0.25) is 14.4 Å². The molecule has 0 aliphatic carbocycles. The van der Waals surface area contributed by atoms with E-state index in [9.17, 15) is 14.4 Å². The number of thioether (sulfide) groups is 1. The molecule has 0 bridgehead atoms. The number of ether oxygens (including phenoxy) is 3. The predicted molar refractivity (Wildman–Crippen MR) is 147 cm³/mol. The Labute approximate surface area is 227 Å². The quantitative estimate of drug-likeness (QED) is 0.160. The molecule has 3 aromatic rings. The van der Waals surface area contributed by atoms with Crippen molar-refractivity contribution in [2.24, 2.45) is 5.92 Å². The van der Waals surface area contributed by atoms with E-state index in [-0.39, 0.29) is 28.9 Å². The highest BCUT2D eigenvalue weighted by atomic mass is 32.2. The number of aromatic nitrogens is 1. The van der Waals surface area contributed by atoms with Crippen molar-refractivity contribution in [2.45, 2.75) is 57.3 Å². The topological polar surface area (TPSA) is 91.8 Å². The molecule has 3 atom stereocenters. The highest BCUT2D eigenvalue weighted by Gasteiger charge is 2.29. The van der Waals surface area contributed by atoms with Crippen LogP contribution in [0.5, 0.6) is 11.5 Å². The molecule has 0 saturated carbocycles. The Balaban J connectivity index is 1.76. The number of methoxy groups -OCH3 is 1. The van der Waals surface area contributed by atoms with E-state index < -0.39 is 29.7 Å². The number of nitrogens with zero attached hydrogens (tertiary/aromatic N) is 1. The van der Waals surface area contributed by atoms with E-state index in [0.717, 1.165) is 16.0 Å². The van der Waals surface area contributed by atoms with Crippen molar-refractivity contribution in [3.63, 3.8) is 0 Å². The van der Waals surface area contributed by atoms with E-state index in [4.69, 9.17) is 14.2 Å². The van der Waals surface area contributed by atoms with Crippen LogP contribution < -0.4 is 9.47 Å². The molecule has 200 valence electrons. The molecule has 0 saturated heterocycles. The van der Waals surface area contributed by atoms with Gasteiger partial charge in [0, 0.05) is 30.5 Å². The molecule has 0 aliphatic rings. The number of aryl methyl sites for hydroxylation is 2. The first-order valence-corrected chi connectivity index (χ1v) is 13.2. The number of hydrogen-bond acceptors (Lipinski definition) is 8.